The van der Waals surface area contributed by atoms with Crippen LogP contribution in [0.3, 0.4) is 0 Å². The van der Waals surface area contributed by atoms with Crippen LogP contribution < -0.4 is 20.1 Å². The molecule has 1 aromatic carbocycles. The van der Waals surface area contributed by atoms with Crippen LogP contribution >= 0.6 is 12.4 Å². The van der Waals surface area contributed by atoms with Crippen molar-refractivity contribution in [2.24, 2.45) is 0 Å². The summed E-state index contributed by atoms with van der Waals surface area (Å²) >= 11 is 0. The van der Waals surface area contributed by atoms with Gasteiger partial charge in [0.05, 0.1) is 13.2 Å². The Morgan fingerprint density at radius 2 is 1.96 bits per heavy atom. The van der Waals surface area contributed by atoms with E-state index in [1.165, 1.54) is 0 Å². The second-order valence-electron chi connectivity index (χ2n) is 6.14. The normalized spacial score (nSPS) is 14.4. The Kier molecular flexibility index (Phi) is 11.1. The van der Waals surface area contributed by atoms with Crippen LogP contribution in [-0.4, -0.2) is 63.3 Å². The molecule has 1 fully saturated rings. The third-order valence-electron chi connectivity index (χ3n) is 4.11. The van der Waals surface area contributed by atoms with Gasteiger partial charge in [-0.25, -0.2) is 0 Å². The molecule has 6 nitrogen and oxygen atoms in total. The lowest BCUT2D eigenvalue weighted by molar-refractivity contribution is 0.0950. The fourth-order valence-electron chi connectivity index (χ4n) is 2.79. The quantitative estimate of drug-likeness (QED) is 0.605. The molecule has 0 atom stereocenters. The first-order valence-corrected chi connectivity index (χ1v) is 9.35. The van der Waals surface area contributed by atoms with Gasteiger partial charge in [0, 0.05) is 38.3 Å². The third kappa shape index (κ3) is 7.40. The van der Waals surface area contributed by atoms with E-state index >= 15 is 0 Å². The summed E-state index contributed by atoms with van der Waals surface area (Å²) in [5.41, 5.74) is 0.606. The fourth-order valence-corrected chi connectivity index (χ4v) is 2.79. The maximum absolute atomic E-state index is 12.3. The van der Waals surface area contributed by atoms with Gasteiger partial charge in [-0.05, 0) is 44.5 Å². The fraction of sp³-hybridized carbons (Fsp3) is 0.632. The van der Waals surface area contributed by atoms with E-state index in [1.807, 2.05) is 13.0 Å². The first-order chi connectivity index (χ1) is 12.2. The van der Waals surface area contributed by atoms with Gasteiger partial charge >= 0.3 is 0 Å². The van der Waals surface area contributed by atoms with E-state index in [0.717, 1.165) is 45.6 Å². The molecule has 1 saturated heterocycles. The summed E-state index contributed by atoms with van der Waals surface area (Å²) in [6.07, 6.45) is 1.89. The molecule has 0 saturated carbocycles. The number of hydrogen-bond acceptors (Lipinski definition) is 5. The van der Waals surface area contributed by atoms with E-state index in [2.05, 4.69) is 22.5 Å². The van der Waals surface area contributed by atoms with E-state index in [-0.39, 0.29) is 18.3 Å². The number of benzene rings is 1. The number of piperazine rings is 1. The Morgan fingerprint density at radius 3 is 2.65 bits per heavy atom. The van der Waals surface area contributed by atoms with E-state index in [0.29, 0.717) is 36.8 Å². The first-order valence-electron chi connectivity index (χ1n) is 9.35. The molecule has 2 rings (SSSR count). The Morgan fingerprint density at radius 1 is 1.19 bits per heavy atom. The monoisotopic (exact) mass is 385 g/mol. The second kappa shape index (κ2) is 12.8. The van der Waals surface area contributed by atoms with Crippen LogP contribution in [0.4, 0.5) is 0 Å². The van der Waals surface area contributed by atoms with Crippen LogP contribution in [0, 0.1) is 0 Å². The van der Waals surface area contributed by atoms with Crippen molar-refractivity contribution in [3.05, 3.63) is 23.8 Å². The van der Waals surface area contributed by atoms with Crippen molar-refractivity contribution in [2.75, 3.05) is 52.5 Å². The molecule has 0 aromatic heterocycles. The van der Waals surface area contributed by atoms with Crippen LogP contribution in [0.25, 0.3) is 0 Å². The highest BCUT2D eigenvalue weighted by molar-refractivity contribution is 5.94. The second-order valence-corrected chi connectivity index (χ2v) is 6.14. The van der Waals surface area contributed by atoms with Crippen molar-refractivity contribution in [3.63, 3.8) is 0 Å². The maximum Gasteiger partial charge on any atom is 0.251 e. The minimum Gasteiger partial charge on any atom is -0.490 e. The molecule has 1 aliphatic heterocycles. The van der Waals surface area contributed by atoms with Crippen molar-refractivity contribution in [1.29, 1.82) is 0 Å². The minimum atomic E-state index is -0.0664. The smallest absolute Gasteiger partial charge is 0.251 e. The molecule has 0 unspecified atom stereocenters. The summed E-state index contributed by atoms with van der Waals surface area (Å²) in [6.45, 7) is 11.1. The molecule has 2 N–H and O–H groups in total. The molecule has 1 amide bonds. The average Bonchev–Trinajstić information content (AvgIpc) is 2.65. The van der Waals surface area contributed by atoms with Gasteiger partial charge in [-0.2, -0.15) is 0 Å². The first kappa shape index (κ1) is 22.5. The lowest BCUT2D eigenvalue weighted by atomic mass is 10.2. The van der Waals surface area contributed by atoms with Gasteiger partial charge in [0.25, 0.3) is 5.91 Å². The standard InChI is InChI=1S/C19H31N3O3.ClH/c1-3-14-25-17-7-6-16(15-18(17)24-4-2)19(23)21-8-5-11-22-12-9-20-10-13-22;/h6-7,15,20H,3-5,8-14H2,1-2H3,(H,21,23);1H. The minimum absolute atomic E-state index is 0. The number of halogens is 1. The number of rotatable bonds is 10. The molecule has 26 heavy (non-hydrogen) atoms. The Bertz CT molecular complexity index is 537. The highest BCUT2D eigenvalue weighted by Gasteiger charge is 2.12. The lowest BCUT2D eigenvalue weighted by Gasteiger charge is -2.27. The SMILES string of the molecule is CCCOc1ccc(C(=O)NCCCN2CCNCC2)cc1OCC.Cl. The predicted molar refractivity (Wildman–Crippen MR) is 107 cm³/mol. The van der Waals surface area contributed by atoms with Gasteiger partial charge in [0.1, 0.15) is 0 Å². The predicted octanol–water partition coefficient (Wildman–Crippen LogP) is 2.32. The highest BCUT2D eigenvalue weighted by atomic mass is 35.5. The summed E-state index contributed by atoms with van der Waals surface area (Å²) < 4.78 is 11.3. The molecule has 1 heterocycles. The highest BCUT2D eigenvalue weighted by Crippen LogP contribution is 2.28. The molecule has 1 aromatic rings. The molecular weight excluding hydrogens is 354 g/mol. The van der Waals surface area contributed by atoms with Crippen molar-refractivity contribution in [3.8, 4) is 11.5 Å². The van der Waals surface area contributed by atoms with Gasteiger partial charge in [-0.1, -0.05) is 6.92 Å². The number of carbonyl (C=O) groups is 1. The molecule has 7 heteroatoms. The zero-order chi connectivity index (χ0) is 17.9. The molecule has 148 valence electrons. The third-order valence-corrected chi connectivity index (χ3v) is 4.11. The maximum atomic E-state index is 12.3. The number of ether oxygens (including phenoxy) is 2. The molecule has 0 radical (unpaired) electrons. The van der Waals surface area contributed by atoms with E-state index in [1.54, 1.807) is 12.1 Å². The Labute approximate surface area is 163 Å². The van der Waals surface area contributed by atoms with Gasteiger partial charge in [0.2, 0.25) is 0 Å². The van der Waals surface area contributed by atoms with E-state index in [9.17, 15) is 4.79 Å². The molecule has 0 aliphatic carbocycles. The van der Waals surface area contributed by atoms with Crippen LogP contribution in [0.1, 0.15) is 37.0 Å². The van der Waals surface area contributed by atoms with E-state index in [4.69, 9.17) is 9.47 Å². The molecule has 0 bridgehead atoms. The molecule has 0 spiro atoms. The van der Waals surface area contributed by atoms with Gasteiger partial charge in [-0.3, -0.25) is 4.79 Å². The summed E-state index contributed by atoms with van der Waals surface area (Å²) in [7, 11) is 0. The molecular formula is C19H32ClN3O3. The largest absolute Gasteiger partial charge is 0.490 e. The van der Waals surface area contributed by atoms with Crippen LogP contribution in [0.2, 0.25) is 0 Å². The summed E-state index contributed by atoms with van der Waals surface area (Å²) in [4.78, 5) is 14.8. The number of hydrogen-bond donors (Lipinski definition) is 2. The van der Waals surface area contributed by atoms with Crippen LogP contribution in [0.15, 0.2) is 18.2 Å². The van der Waals surface area contributed by atoms with Gasteiger partial charge < -0.3 is 25.0 Å². The van der Waals surface area contributed by atoms with Crippen LogP contribution in [0.5, 0.6) is 11.5 Å². The van der Waals surface area contributed by atoms with Crippen molar-refractivity contribution in [1.82, 2.24) is 15.5 Å². The average molecular weight is 386 g/mol. The van der Waals surface area contributed by atoms with Gasteiger partial charge in [-0.15, -0.1) is 12.4 Å². The number of amides is 1. The Balaban J connectivity index is 0.00000338. The number of nitrogens with one attached hydrogen (secondary N) is 2. The summed E-state index contributed by atoms with van der Waals surface area (Å²) in [6, 6.07) is 5.37. The lowest BCUT2D eigenvalue weighted by Crippen LogP contribution is -2.44. The number of carbonyl (C=O) groups excluding carboxylic acids is 1. The zero-order valence-electron chi connectivity index (χ0n) is 15.9. The summed E-state index contributed by atoms with van der Waals surface area (Å²) in [5, 5.41) is 6.34. The van der Waals surface area contributed by atoms with Crippen LogP contribution in [-0.2, 0) is 0 Å². The van der Waals surface area contributed by atoms with Crippen molar-refractivity contribution < 1.29 is 14.3 Å². The Hall–Kier alpha value is -1.50. The van der Waals surface area contributed by atoms with Gasteiger partial charge in [0.15, 0.2) is 11.5 Å². The summed E-state index contributed by atoms with van der Waals surface area (Å²) in [5.74, 6) is 1.26. The zero-order valence-corrected chi connectivity index (χ0v) is 16.7. The molecule has 1 aliphatic rings. The van der Waals surface area contributed by atoms with Crippen molar-refractivity contribution >= 4 is 18.3 Å². The number of nitrogens with zero attached hydrogens (tertiary/aromatic N) is 1. The van der Waals surface area contributed by atoms with Crippen molar-refractivity contribution in [2.45, 2.75) is 26.7 Å². The van der Waals surface area contributed by atoms with E-state index < -0.39 is 0 Å². The topological polar surface area (TPSA) is 62.8 Å².